The average Bonchev–Trinajstić information content (AvgIpc) is 2.86. The molecule has 0 aromatic carbocycles. The molecule has 2 aliphatic rings. The average molecular weight is 579 g/mol. The van der Waals surface area contributed by atoms with Gasteiger partial charge in [0.15, 0.2) is 12.1 Å². The molecule has 6 unspecified atom stereocenters. The van der Waals surface area contributed by atoms with Crippen molar-refractivity contribution >= 4 is 5.91 Å². The maximum atomic E-state index is 13.4. The molecule has 13 heteroatoms. The molecule has 0 radical (unpaired) electrons. The first-order valence-electron chi connectivity index (χ1n) is 14.0. The van der Waals surface area contributed by atoms with E-state index in [1.165, 1.54) is 0 Å². The van der Waals surface area contributed by atoms with Crippen molar-refractivity contribution in [2.75, 3.05) is 19.9 Å². The number of nitrogens with two attached hydrogens (primary N) is 1. The number of nitrogens with zero attached hydrogens (tertiary/aromatic N) is 1. The topological polar surface area (TPSA) is 216 Å². The Labute approximate surface area is 236 Å². The van der Waals surface area contributed by atoms with E-state index in [2.05, 4.69) is 0 Å². The van der Waals surface area contributed by atoms with Gasteiger partial charge in [0.1, 0.15) is 12.8 Å². The molecule has 0 aliphatic carbocycles. The molecule has 234 valence electrons. The van der Waals surface area contributed by atoms with Gasteiger partial charge in [-0.15, -0.1) is 0 Å². The van der Waals surface area contributed by atoms with Gasteiger partial charge in [0.25, 0.3) is 0 Å². The van der Waals surface area contributed by atoms with Crippen molar-refractivity contribution in [3.05, 3.63) is 12.2 Å². The maximum Gasteiger partial charge on any atom is 0.232 e. The third-order valence-corrected chi connectivity index (χ3v) is 7.53. The number of carbonyl (C=O) groups excluding carboxylic acids is 1. The van der Waals surface area contributed by atoms with Gasteiger partial charge in [0, 0.05) is 25.8 Å². The largest absolute Gasteiger partial charge is 0.395 e. The number of amides is 1. The molecule has 0 spiro atoms. The Morgan fingerprint density at radius 1 is 1.15 bits per heavy atom. The van der Waals surface area contributed by atoms with Crippen LogP contribution in [0.4, 0.5) is 0 Å². The van der Waals surface area contributed by atoms with Crippen LogP contribution in [0.15, 0.2) is 12.2 Å². The first-order chi connectivity index (χ1) is 18.6. The molecule has 13 nitrogen and oxygen atoms in total. The summed E-state index contributed by atoms with van der Waals surface area (Å²) in [6.07, 6.45) is -6.06. The van der Waals surface area contributed by atoms with Crippen molar-refractivity contribution in [3.63, 3.8) is 0 Å². The Hall–Kier alpha value is -1.23. The lowest BCUT2D eigenvalue weighted by atomic mass is 9.81. The molecule has 0 saturated carbocycles. The summed E-state index contributed by atoms with van der Waals surface area (Å²) in [7, 11) is 0. The minimum atomic E-state index is -1.97. The molecule has 11 atom stereocenters. The predicted molar refractivity (Wildman–Crippen MR) is 143 cm³/mol. The van der Waals surface area contributed by atoms with Crippen molar-refractivity contribution in [2.45, 2.75) is 115 Å². The highest BCUT2D eigenvalue weighted by Crippen LogP contribution is 2.39. The van der Waals surface area contributed by atoms with Crippen LogP contribution in [0.5, 0.6) is 0 Å². The summed E-state index contributed by atoms with van der Waals surface area (Å²) in [5.41, 5.74) is 5.96. The Morgan fingerprint density at radius 3 is 2.35 bits per heavy atom. The lowest BCUT2D eigenvalue weighted by molar-refractivity contribution is -0.308. The summed E-state index contributed by atoms with van der Waals surface area (Å²) in [6.45, 7) is 7.67. The highest BCUT2D eigenvalue weighted by atomic mass is 16.7. The van der Waals surface area contributed by atoms with E-state index in [-0.39, 0.29) is 37.6 Å². The van der Waals surface area contributed by atoms with Gasteiger partial charge in [-0.2, -0.15) is 0 Å². The quantitative estimate of drug-likeness (QED) is 0.0916. The summed E-state index contributed by atoms with van der Waals surface area (Å²) >= 11 is 0. The van der Waals surface area contributed by atoms with Crippen LogP contribution < -0.4 is 5.73 Å². The SMILES string of the molecule is CC(C)/C=C/[C@@H](CC1O[C@](O)(C[C@@H](O)C(C)C)C[C@H](O)[C@H]1C(=O)N(CO)CCO)OC1OC(C)C(O)C(N)C1O. The fraction of sp³-hybridized carbons (Fsp3) is 0.889. The molecule has 9 N–H and O–H groups in total. The van der Waals surface area contributed by atoms with E-state index in [0.717, 1.165) is 4.90 Å². The molecule has 1 amide bonds. The number of hydrogen-bond donors (Lipinski definition) is 8. The molecule has 2 fully saturated rings. The van der Waals surface area contributed by atoms with Gasteiger partial charge in [-0.1, -0.05) is 39.8 Å². The summed E-state index contributed by atoms with van der Waals surface area (Å²) in [5, 5.41) is 72.8. The Kier molecular flexibility index (Phi) is 13.4. The van der Waals surface area contributed by atoms with Crippen molar-refractivity contribution in [2.24, 2.45) is 23.5 Å². The van der Waals surface area contributed by atoms with Gasteiger partial charge >= 0.3 is 0 Å². The number of hydrogen-bond acceptors (Lipinski definition) is 12. The van der Waals surface area contributed by atoms with Crippen molar-refractivity contribution in [3.8, 4) is 0 Å². The zero-order chi connectivity index (χ0) is 30.4. The van der Waals surface area contributed by atoms with Gasteiger partial charge in [-0.3, -0.25) is 4.79 Å². The summed E-state index contributed by atoms with van der Waals surface area (Å²) in [4.78, 5) is 14.4. The highest BCUT2D eigenvalue weighted by Gasteiger charge is 2.51. The zero-order valence-electron chi connectivity index (χ0n) is 24.1. The van der Waals surface area contributed by atoms with Gasteiger partial charge in [0.05, 0.1) is 55.2 Å². The van der Waals surface area contributed by atoms with E-state index in [1.807, 2.05) is 19.9 Å². The number of aliphatic hydroxyl groups excluding tert-OH is 6. The van der Waals surface area contributed by atoms with Crippen molar-refractivity contribution < 1.29 is 54.8 Å². The normalized spacial score (nSPS) is 36.8. The standard InChI is InChI=1S/C27H50N2O11/c1-14(2)6-7-17(39-26-24(35)22(28)23(34)16(5)38-26)10-20-21(25(36)29(13-31)8-9-30)19(33)12-27(37,40-20)11-18(32)15(3)4/h6-7,14-24,26,30-35,37H,8-13,28H2,1-5H3/b7-6+/t16?,17-,18+,19-,20?,21+,22?,23?,24?,26?,27+/m0/s1. The van der Waals surface area contributed by atoms with E-state index in [9.17, 15) is 40.5 Å². The number of ether oxygens (including phenoxy) is 3. The molecule has 40 heavy (non-hydrogen) atoms. The van der Waals surface area contributed by atoms with E-state index >= 15 is 0 Å². The van der Waals surface area contributed by atoms with Crippen LogP contribution in [0.25, 0.3) is 0 Å². The molecule has 0 bridgehead atoms. The van der Waals surface area contributed by atoms with E-state index in [4.69, 9.17) is 19.9 Å². The third kappa shape index (κ3) is 9.13. The molecule has 0 aromatic rings. The second kappa shape index (κ2) is 15.3. The van der Waals surface area contributed by atoms with Gasteiger partial charge in [0.2, 0.25) is 5.91 Å². The number of rotatable bonds is 13. The van der Waals surface area contributed by atoms with Crippen molar-refractivity contribution in [1.82, 2.24) is 4.90 Å². The monoisotopic (exact) mass is 578 g/mol. The lowest BCUT2D eigenvalue weighted by Gasteiger charge is -2.47. The zero-order valence-corrected chi connectivity index (χ0v) is 24.1. The second-order valence-corrected chi connectivity index (χ2v) is 11.7. The Morgan fingerprint density at radius 2 is 1.80 bits per heavy atom. The number of allylic oxidation sites excluding steroid dienone is 1. The third-order valence-electron chi connectivity index (χ3n) is 7.53. The van der Waals surface area contributed by atoms with Crippen LogP contribution in [0.2, 0.25) is 0 Å². The molecule has 2 saturated heterocycles. The molecule has 2 heterocycles. The van der Waals surface area contributed by atoms with Crippen LogP contribution in [0.3, 0.4) is 0 Å². The van der Waals surface area contributed by atoms with E-state index in [1.54, 1.807) is 26.8 Å². The van der Waals surface area contributed by atoms with Crippen LogP contribution in [-0.4, -0.2) is 127 Å². The second-order valence-electron chi connectivity index (χ2n) is 11.7. The fourth-order valence-corrected chi connectivity index (χ4v) is 5.01. The van der Waals surface area contributed by atoms with E-state index in [0.29, 0.717) is 0 Å². The van der Waals surface area contributed by atoms with E-state index < -0.39 is 86.0 Å². The predicted octanol–water partition coefficient (Wildman–Crippen LogP) is -1.60. The molecular formula is C27H50N2O11. The van der Waals surface area contributed by atoms with Gasteiger partial charge in [-0.25, -0.2) is 0 Å². The molecule has 2 aliphatic heterocycles. The summed E-state index contributed by atoms with van der Waals surface area (Å²) in [6, 6.07) is -1.04. The van der Waals surface area contributed by atoms with Crippen LogP contribution in [0, 0.1) is 17.8 Å². The van der Waals surface area contributed by atoms with Gasteiger partial charge < -0.3 is 60.6 Å². The first kappa shape index (κ1) is 35.0. The van der Waals surface area contributed by atoms with Crippen LogP contribution in [-0.2, 0) is 19.0 Å². The molecular weight excluding hydrogens is 528 g/mol. The van der Waals surface area contributed by atoms with Crippen molar-refractivity contribution in [1.29, 1.82) is 0 Å². The Bertz CT molecular complexity index is 815. The van der Waals surface area contributed by atoms with Crippen LogP contribution in [0.1, 0.15) is 53.9 Å². The maximum absolute atomic E-state index is 13.4. The fourth-order valence-electron chi connectivity index (χ4n) is 5.01. The first-order valence-corrected chi connectivity index (χ1v) is 14.0. The summed E-state index contributed by atoms with van der Waals surface area (Å²) in [5.74, 6) is -4.05. The number of carbonyl (C=O) groups is 1. The number of aliphatic hydroxyl groups is 7. The lowest BCUT2D eigenvalue weighted by Crippen LogP contribution is -2.62. The highest BCUT2D eigenvalue weighted by molar-refractivity contribution is 5.80. The minimum Gasteiger partial charge on any atom is -0.395 e. The summed E-state index contributed by atoms with van der Waals surface area (Å²) < 4.78 is 17.8. The van der Waals surface area contributed by atoms with Crippen LogP contribution >= 0.6 is 0 Å². The smallest absolute Gasteiger partial charge is 0.232 e. The Balaban J connectivity index is 2.42. The minimum absolute atomic E-state index is 0.0918. The molecule has 0 aromatic heterocycles. The molecule has 2 rings (SSSR count). The van der Waals surface area contributed by atoms with Gasteiger partial charge in [-0.05, 0) is 18.8 Å².